The van der Waals surface area contributed by atoms with Gasteiger partial charge in [-0.25, -0.2) is 10.8 Å². The minimum Gasteiger partial charge on any atom is -0.376 e. The Morgan fingerprint density at radius 2 is 2.50 bits per heavy atom. The van der Waals surface area contributed by atoms with E-state index in [1.807, 2.05) is 5.38 Å². The van der Waals surface area contributed by atoms with Gasteiger partial charge in [0, 0.05) is 24.5 Å². The topological polar surface area (TPSA) is 80.5 Å². The second-order valence-electron chi connectivity index (χ2n) is 4.54. The van der Waals surface area contributed by atoms with E-state index in [0.29, 0.717) is 11.0 Å². The van der Waals surface area contributed by atoms with Crippen LogP contribution in [-0.2, 0) is 11.3 Å². The smallest absolute Gasteiger partial charge is 0.294 e. The highest BCUT2D eigenvalue weighted by Gasteiger charge is 2.24. The number of amides is 1. The van der Waals surface area contributed by atoms with Crippen LogP contribution in [-0.4, -0.2) is 41.1 Å². The molecule has 1 aliphatic rings. The van der Waals surface area contributed by atoms with Crippen molar-refractivity contribution in [2.75, 3.05) is 13.2 Å². The van der Waals surface area contributed by atoms with Crippen molar-refractivity contribution in [2.45, 2.75) is 32.5 Å². The number of hydrogen-bond donors (Lipinski definition) is 2. The van der Waals surface area contributed by atoms with Gasteiger partial charge in [-0.3, -0.25) is 15.1 Å². The molecule has 0 bridgehead atoms. The minimum absolute atomic E-state index is 0.242. The normalized spacial score (nSPS) is 25.1. The molecule has 2 rings (SSSR count). The van der Waals surface area contributed by atoms with Crippen LogP contribution in [0.15, 0.2) is 5.38 Å². The van der Waals surface area contributed by atoms with Gasteiger partial charge in [0.25, 0.3) is 5.91 Å². The molecule has 2 unspecified atom stereocenters. The molecule has 0 spiro atoms. The second kappa shape index (κ2) is 5.75. The van der Waals surface area contributed by atoms with Crippen LogP contribution in [0.3, 0.4) is 0 Å². The van der Waals surface area contributed by atoms with Crippen molar-refractivity contribution in [3.05, 3.63) is 16.1 Å². The third-order valence-corrected chi connectivity index (χ3v) is 3.87. The molecule has 7 heteroatoms. The fourth-order valence-electron chi connectivity index (χ4n) is 1.95. The lowest BCUT2D eigenvalue weighted by Crippen LogP contribution is -2.46. The molecule has 100 valence electrons. The number of rotatable bonds is 3. The summed E-state index contributed by atoms with van der Waals surface area (Å²) in [6.45, 7) is 6.56. The van der Waals surface area contributed by atoms with Gasteiger partial charge in [0.1, 0.15) is 0 Å². The molecule has 1 amide bonds. The Balaban J connectivity index is 2.00. The van der Waals surface area contributed by atoms with Crippen LogP contribution in [0, 0.1) is 0 Å². The maximum absolute atomic E-state index is 11.3. The van der Waals surface area contributed by atoms with Gasteiger partial charge in [-0.2, -0.15) is 0 Å². The molecule has 2 atom stereocenters. The number of hydrazine groups is 1. The first-order valence-electron chi connectivity index (χ1n) is 5.91. The Kier molecular flexibility index (Phi) is 4.28. The summed E-state index contributed by atoms with van der Waals surface area (Å²) in [4.78, 5) is 17.9. The maximum atomic E-state index is 11.3. The number of carbonyl (C=O) groups excluding carboxylic acids is 1. The van der Waals surface area contributed by atoms with Gasteiger partial charge < -0.3 is 4.74 Å². The van der Waals surface area contributed by atoms with E-state index in [1.54, 1.807) is 0 Å². The molecule has 2 heterocycles. The summed E-state index contributed by atoms with van der Waals surface area (Å²) in [5, 5.41) is 2.30. The van der Waals surface area contributed by atoms with Gasteiger partial charge >= 0.3 is 0 Å². The molecule has 1 fully saturated rings. The molecule has 0 aliphatic carbocycles. The average molecular weight is 270 g/mol. The molecular weight excluding hydrogens is 252 g/mol. The molecule has 3 N–H and O–H groups in total. The molecule has 1 aromatic heterocycles. The Morgan fingerprint density at radius 1 is 1.72 bits per heavy atom. The average Bonchev–Trinajstić information content (AvgIpc) is 2.81. The van der Waals surface area contributed by atoms with Crippen molar-refractivity contribution in [1.82, 2.24) is 15.3 Å². The van der Waals surface area contributed by atoms with Crippen LogP contribution in [0.1, 0.15) is 29.3 Å². The summed E-state index contributed by atoms with van der Waals surface area (Å²) >= 11 is 1.31. The number of aromatic nitrogens is 1. The lowest BCUT2D eigenvalue weighted by Gasteiger charge is -2.36. The fourth-order valence-corrected chi connectivity index (χ4v) is 2.66. The quantitative estimate of drug-likeness (QED) is 0.471. The first kappa shape index (κ1) is 13.4. The van der Waals surface area contributed by atoms with Crippen molar-refractivity contribution in [3.8, 4) is 0 Å². The van der Waals surface area contributed by atoms with E-state index in [-0.39, 0.29) is 12.0 Å². The van der Waals surface area contributed by atoms with Crippen LogP contribution < -0.4 is 11.3 Å². The standard InChI is InChI=1S/C11H18N4O2S/c1-7-5-17-8(2)3-15(7)4-9-6-18-11(13-9)10(16)14-12/h6-8H,3-5,12H2,1-2H3,(H,14,16). The van der Waals surface area contributed by atoms with E-state index in [2.05, 4.69) is 29.2 Å². The van der Waals surface area contributed by atoms with Crippen molar-refractivity contribution in [2.24, 2.45) is 5.84 Å². The number of nitrogens with zero attached hydrogens (tertiary/aromatic N) is 2. The first-order valence-corrected chi connectivity index (χ1v) is 6.79. The highest BCUT2D eigenvalue weighted by Crippen LogP contribution is 2.17. The predicted octanol–water partition coefficient (Wildman–Crippen LogP) is 0.356. The first-order chi connectivity index (χ1) is 8.60. The zero-order valence-corrected chi connectivity index (χ0v) is 11.4. The number of morpholine rings is 1. The summed E-state index contributed by atoms with van der Waals surface area (Å²) in [5.41, 5.74) is 2.99. The Bertz CT molecular complexity index is 423. The van der Waals surface area contributed by atoms with Crippen LogP contribution >= 0.6 is 11.3 Å². The number of nitrogens with one attached hydrogen (secondary N) is 1. The van der Waals surface area contributed by atoms with Crippen molar-refractivity contribution in [1.29, 1.82) is 0 Å². The van der Waals surface area contributed by atoms with Crippen LogP contribution in [0.2, 0.25) is 0 Å². The lowest BCUT2D eigenvalue weighted by atomic mass is 10.2. The van der Waals surface area contributed by atoms with Crippen molar-refractivity contribution >= 4 is 17.2 Å². The molecule has 1 aromatic rings. The fraction of sp³-hybridized carbons (Fsp3) is 0.636. The number of carbonyl (C=O) groups is 1. The third-order valence-electron chi connectivity index (χ3n) is 2.98. The Hall–Kier alpha value is -1.02. The lowest BCUT2D eigenvalue weighted by molar-refractivity contribution is -0.0530. The highest BCUT2D eigenvalue weighted by molar-refractivity contribution is 7.11. The van der Waals surface area contributed by atoms with E-state index in [9.17, 15) is 4.79 Å². The van der Waals surface area contributed by atoms with Gasteiger partial charge in [-0.05, 0) is 13.8 Å². The van der Waals surface area contributed by atoms with Crippen LogP contribution in [0.4, 0.5) is 0 Å². The summed E-state index contributed by atoms with van der Waals surface area (Å²) < 4.78 is 5.58. The SMILES string of the molecule is CC1CN(Cc2csc(C(=O)NN)n2)C(C)CO1. The molecule has 1 saturated heterocycles. The van der Waals surface area contributed by atoms with E-state index >= 15 is 0 Å². The van der Waals surface area contributed by atoms with Gasteiger partial charge in [0.05, 0.1) is 18.4 Å². The number of ether oxygens (including phenoxy) is 1. The Labute approximate surface area is 110 Å². The second-order valence-corrected chi connectivity index (χ2v) is 5.40. The highest BCUT2D eigenvalue weighted by atomic mass is 32.1. The predicted molar refractivity (Wildman–Crippen MR) is 69.1 cm³/mol. The van der Waals surface area contributed by atoms with Crippen LogP contribution in [0.5, 0.6) is 0 Å². The molecule has 1 aliphatic heterocycles. The minimum atomic E-state index is -0.338. The molecule has 6 nitrogen and oxygen atoms in total. The zero-order valence-electron chi connectivity index (χ0n) is 10.5. The number of hydrogen-bond acceptors (Lipinski definition) is 6. The zero-order chi connectivity index (χ0) is 13.1. The summed E-state index contributed by atoms with van der Waals surface area (Å²) in [7, 11) is 0. The van der Waals surface area contributed by atoms with Gasteiger partial charge in [-0.1, -0.05) is 0 Å². The van der Waals surface area contributed by atoms with Gasteiger partial charge in [-0.15, -0.1) is 11.3 Å². The number of nitrogen functional groups attached to an aromatic ring is 1. The molecule has 0 saturated carbocycles. The van der Waals surface area contributed by atoms with E-state index < -0.39 is 0 Å². The summed E-state index contributed by atoms with van der Waals surface area (Å²) in [6, 6.07) is 0.370. The number of thiazole rings is 1. The van der Waals surface area contributed by atoms with Crippen molar-refractivity contribution < 1.29 is 9.53 Å². The van der Waals surface area contributed by atoms with E-state index in [1.165, 1.54) is 11.3 Å². The summed E-state index contributed by atoms with van der Waals surface area (Å²) in [5.74, 6) is 4.74. The Morgan fingerprint density at radius 3 is 3.22 bits per heavy atom. The molecular formula is C11H18N4O2S. The van der Waals surface area contributed by atoms with Crippen LogP contribution in [0.25, 0.3) is 0 Å². The monoisotopic (exact) mass is 270 g/mol. The number of nitrogens with two attached hydrogens (primary N) is 1. The molecule has 18 heavy (non-hydrogen) atoms. The van der Waals surface area contributed by atoms with Crippen molar-refractivity contribution in [3.63, 3.8) is 0 Å². The summed E-state index contributed by atoms with van der Waals surface area (Å²) in [6.07, 6.45) is 0.242. The largest absolute Gasteiger partial charge is 0.376 e. The maximum Gasteiger partial charge on any atom is 0.294 e. The third kappa shape index (κ3) is 3.05. The molecule has 0 radical (unpaired) electrons. The van der Waals surface area contributed by atoms with E-state index in [0.717, 1.165) is 25.4 Å². The van der Waals surface area contributed by atoms with E-state index in [4.69, 9.17) is 10.6 Å². The van der Waals surface area contributed by atoms with Gasteiger partial charge in [0.2, 0.25) is 0 Å². The van der Waals surface area contributed by atoms with Gasteiger partial charge in [0.15, 0.2) is 5.01 Å². The molecule has 0 aromatic carbocycles.